The average Bonchev–Trinajstić information content (AvgIpc) is 2.24. The largest absolute Gasteiger partial charge is 0.111 e. The van der Waals surface area contributed by atoms with E-state index in [1.165, 1.54) is 44.9 Å². The molecule has 0 saturated carbocycles. The minimum Gasteiger partial charge on any atom is -0.0823 e. The molecule has 2 fully saturated rings. The molecule has 0 nitrogen and oxygen atoms in total. The average molecular weight is 188 g/mol. The van der Waals surface area contributed by atoms with Gasteiger partial charge in [0.05, 0.1) is 0 Å². The molecule has 2 atom stereocenters. The van der Waals surface area contributed by atoms with E-state index in [-0.39, 0.29) is 0 Å². The summed E-state index contributed by atoms with van der Waals surface area (Å²) in [5.41, 5.74) is 0. The van der Waals surface area contributed by atoms with Crippen molar-refractivity contribution in [2.75, 3.05) is 0 Å². The molecule has 14 heavy (non-hydrogen) atoms. The minimum absolute atomic E-state index is 0.535. The standard InChI is InChI=1S/C12H22B2/c1-10(2)13-12-8-4-3-6-11(14-12)7-5-9-12/h10-11H,3-9H2,1-2H3. The van der Waals surface area contributed by atoms with Gasteiger partial charge in [-0.15, -0.1) is 0 Å². The Hall–Kier alpha value is 0.130. The fourth-order valence-corrected chi connectivity index (χ4v) is 3.51. The van der Waals surface area contributed by atoms with E-state index in [0.29, 0.717) is 5.21 Å². The number of fused-ring (bicyclic) bond motifs is 2. The van der Waals surface area contributed by atoms with Crippen molar-refractivity contribution in [2.24, 2.45) is 0 Å². The summed E-state index contributed by atoms with van der Waals surface area (Å²) < 4.78 is 0. The van der Waals surface area contributed by atoms with Crippen molar-refractivity contribution in [1.82, 2.24) is 0 Å². The zero-order chi connectivity index (χ0) is 10.0. The van der Waals surface area contributed by atoms with Crippen LogP contribution in [0.2, 0.25) is 16.8 Å². The Morgan fingerprint density at radius 3 is 2.64 bits per heavy atom. The second-order valence-corrected chi connectivity index (χ2v) is 5.71. The summed E-state index contributed by atoms with van der Waals surface area (Å²) in [7, 11) is 5.34. The highest BCUT2D eigenvalue weighted by molar-refractivity contribution is 6.64. The Morgan fingerprint density at radius 2 is 1.86 bits per heavy atom. The first-order chi connectivity index (χ1) is 6.70. The van der Waals surface area contributed by atoms with Crippen LogP contribution in [0.5, 0.6) is 0 Å². The molecule has 0 aromatic heterocycles. The zero-order valence-electron chi connectivity index (χ0n) is 9.76. The SMILES string of the molecule is CC(C)[B]C12[B]C(CCCC1)CCC2. The first kappa shape index (κ1) is 10.6. The van der Waals surface area contributed by atoms with Gasteiger partial charge in [-0.05, 0) is 0 Å². The molecule has 2 unspecified atom stereocenters. The van der Waals surface area contributed by atoms with Crippen LogP contribution in [0.4, 0.5) is 0 Å². The van der Waals surface area contributed by atoms with Crippen molar-refractivity contribution in [1.29, 1.82) is 0 Å². The van der Waals surface area contributed by atoms with E-state index >= 15 is 0 Å². The van der Waals surface area contributed by atoms with Crippen molar-refractivity contribution in [3.8, 4) is 0 Å². The molecule has 0 aliphatic carbocycles. The van der Waals surface area contributed by atoms with Crippen LogP contribution in [0, 0.1) is 0 Å². The zero-order valence-corrected chi connectivity index (χ0v) is 9.76. The van der Waals surface area contributed by atoms with Gasteiger partial charge < -0.3 is 0 Å². The molecular formula is C12H22B2. The van der Waals surface area contributed by atoms with Gasteiger partial charge in [-0.3, -0.25) is 0 Å². The lowest BCUT2D eigenvalue weighted by Crippen LogP contribution is -2.33. The van der Waals surface area contributed by atoms with Crippen molar-refractivity contribution in [3.63, 3.8) is 0 Å². The summed E-state index contributed by atoms with van der Waals surface area (Å²) in [6, 6.07) is 0. The number of rotatable bonds is 2. The van der Waals surface area contributed by atoms with Crippen LogP contribution < -0.4 is 0 Å². The van der Waals surface area contributed by atoms with E-state index < -0.39 is 0 Å². The lowest BCUT2D eigenvalue weighted by molar-refractivity contribution is 0.527. The van der Waals surface area contributed by atoms with Crippen LogP contribution in [0.15, 0.2) is 0 Å². The topological polar surface area (TPSA) is 0 Å². The van der Waals surface area contributed by atoms with Gasteiger partial charge in [0, 0.05) is 0 Å². The Balaban J connectivity index is 2.05. The molecule has 2 radical (unpaired) electrons. The lowest BCUT2D eigenvalue weighted by Gasteiger charge is -2.39. The van der Waals surface area contributed by atoms with Gasteiger partial charge in [0.25, 0.3) is 0 Å². The molecule has 0 aromatic rings. The molecular weight excluding hydrogens is 166 g/mol. The molecule has 2 rings (SSSR count). The molecule has 76 valence electrons. The highest BCUT2D eigenvalue weighted by Crippen LogP contribution is 2.50. The smallest absolute Gasteiger partial charge is 0.0823 e. The number of hydrogen-bond acceptors (Lipinski definition) is 0. The first-order valence-corrected chi connectivity index (χ1v) is 6.42. The summed E-state index contributed by atoms with van der Waals surface area (Å²) in [5.74, 6) is 1.70. The molecule has 0 N–H and O–H groups in total. The maximum atomic E-state index is 2.71. The Morgan fingerprint density at radius 1 is 1.14 bits per heavy atom. The van der Waals surface area contributed by atoms with Crippen molar-refractivity contribution >= 4 is 14.6 Å². The Bertz CT molecular complexity index is 191. The minimum atomic E-state index is 0.535. The Kier molecular flexibility index (Phi) is 3.29. The van der Waals surface area contributed by atoms with Crippen LogP contribution in [0.3, 0.4) is 0 Å². The quantitative estimate of drug-likeness (QED) is 0.576. The van der Waals surface area contributed by atoms with Crippen LogP contribution in [-0.4, -0.2) is 14.6 Å². The Labute approximate surface area is 90.7 Å². The van der Waals surface area contributed by atoms with E-state index in [1.807, 2.05) is 0 Å². The predicted molar refractivity (Wildman–Crippen MR) is 65.4 cm³/mol. The van der Waals surface area contributed by atoms with E-state index in [9.17, 15) is 0 Å². The third-order valence-corrected chi connectivity index (χ3v) is 3.92. The predicted octanol–water partition coefficient (Wildman–Crippen LogP) is 3.89. The molecule has 2 aliphatic rings. The van der Waals surface area contributed by atoms with E-state index in [2.05, 4.69) is 28.4 Å². The second-order valence-electron chi connectivity index (χ2n) is 5.71. The van der Waals surface area contributed by atoms with Crippen LogP contribution in [0.1, 0.15) is 58.8 Å². The van der Waals surface area contributed by atoms with Gasteiger partial charge in [0.1, 0.15) is 14.6 Å². The van der Waals surface area contributed by atoms with Gasteiger partial charge in [-0.1, -0.05) is 75.6 Å². The van der Waals surface area contributed by atoms with Gasteiger partial charge in [-0.25, -0.2) is 0 Å². The molecule has 2 bridgehead atoms. The molecule has 2 aliphatic heterocycles. The molecule has 2 saturated heterocycles. The molecule has 2 heteroatoms. The number of hydrogen-bond donors (Lipinski definition) is 0. The molecule has 0 amide bonds. The summed E-state index contributed by atoms with van der Waals surface area (Å²) in [4.78, 5) is 0. The van der Waals surface area contributed by atoms with Gasteiger partial charge in [-0.2, -0.15) is 0 Å². The monoisotopic (exact) mass is 188 g/mol. The van der Waals surface area contributed by atoms with Crippen LogP contribution in [0.25, 0.3) is 0 Å². The molecule has 0 aromatic carbocycles. The highest BCUT2D eigenvalue weighted by atomic mass is 14.3. The third kappa shape index (κ3) is 2.38. The second kappa shape index (κ2) is 4.33. The van der Waals surface area contributed by atoms with E-state index in [4.69, 9.17) is 0 Å². The summed E-state index contributed by atoms with van der Waals surface area (Å²) in [6.07, 6.45) is 10.2. The fraction of sp³-hybridized carbons (Fsp3) is 1.00. The summed E-state index contributed by atoms with van der Waals surface area (Å²) >= 11 is 0. The normalized spacial score (nSPS) is 37.5. The summed E-state index contributed by atoms with van der Waals surface area (Å²) in [5, 5.41) is 0.535. The highest BCUT2D eigenvalue weighted by Gasteiger charge is 2.38. The van der Waals surface area contributed by atoms with Crippen LogP contribution in [-0.2, 0) is 0 Å². The third-order valence-electron chi connectivity index (χ3n) is 3.92. The molecule has 2 heterocycles. The van der Waals surface area contributed by atoms with Crippen LogP contribution >= 0.6 is 0 Å². The maximum absolute atomic E-state index is 2.71. The molecule has 0 spiro atoms. The summed E-state index contributed by atoms with van der Waals surface area (Å²) in [6.45, 7) is 4.66. The fourth-order valence-electron chi connectivity index (χ4n) is 3.51. The van der Waals surface area contributed by atoms with Crippen molar-refractivity contribution < 1.29 is 0 Å². The van der Waals surface area contributed by atoms with Gasteiger partial charge >= 0.3 is 0 Å². The first-order valence-electron chi connectivity index (χ1n) is 6.42. The maximum Gasteiger partial charge on any atom is 0.111 e. The van der Waals surface area contributed by atoms with Crippen molar-refractivity contribution in [2.45, 2.75) is 75.6 Å². The van der Waals surface area contributed by atoms with Crippen molar-refractivity contribution in [3.05, 3.63) is 0 Å². The van der Waals surface area contributed by atoms with E-state index in [1.54, 1.807) is 0 Å². The van der Waals surface area contributed by atoms with Gasteiger partial charge in [0.15, 0.2) is 0 Å². The van der Waals surface area contributed by atoms with Gasteiger partial charge in [0.2, 0.25) is 0 Å². The lowest BCUT2D eigenvalue weighted by atomic mass is 9.24. The van der Waals surface area contributed by atoms with E-state index in [0.717, 1.165) is 11.6 Å².